The van der Waals surface area contributed by atoms with E-state index in [0.29, 0.717) is 9.65 Å². The Morgan fingerprint density at radius 2 is 1.36 bits per heavy atom. The Hall–Kier alpha value is 1.14. The molecule has 0 saturated heterocycles. The van der Waals surface area contributed by atoms with Crippen molar-refractivity contribution in [3.8, 4) is 0 Å². The third kappa shape index (κ3) is 3.62. The number of rotatable bonds is 4. The molecule has 0 spiro atoms. The van der Waals surface area contributed by atoms with Crippen molar-refractivity contribution in [2.24, 2.45) is 0 Å². The van der Waals surface area contributed by atoms with Gasteiger partial charge in [-0.05, 0) is 11.1 Å². The molecular formula is C10H10Br4. The minimum atomic E-state index is 0.387. The number of alkyl halides is 4. The van der Waals surface area contributed by atoms with Gasteiger partial charge in [0.05, 0.1) is 0 Å². The molecule has 0 unspecified atom stereocenters. The molecule has 0 amide bonds. The number of hydrogen-bond donors (Lipinski definition) is 0. The van der Waals surface area contributed by atoms with Gasteiger partial charge in [-0.1, -0.05) is 88.0 Å². The lowest BCUT2D eigenvalue weighted by Gasteiger charge is -2.11. The molecule has 1 aromatic rings. The maximum absolute atomic E-state index is 3.62. The molecule has 78 valence electrons. The molecule has 0 fully saturated rings. The minimum Gasteiger partial charge on any atom is -0.0912 e. The molecule has 14 heavy (non-hydrogen) atoms. The highest BCUT2D eigenvalue weighted by Gasteiger charge is 2.09. The van der Waals surface area contributed by atoms with Crippen LogP contribution in [0.1, 0.15) is 20.8 Å². The molecule has 1 rings (SSSR count). The summed E-state index contributed by atoms with van der Waals surface area (Å²) in [6.45, 7) is 0. The van der Waals surface area contributed by atoms with Crippen LogP contribution >= 0.6 is 63.7 Å². The van der Waals surface area contributed by atoms with Crippen molar-refractivity contribution < 1.29 is 0 Å². The van der Waals surface area contributed by atoms with Gasteiger partial charge in [0.15, 0.2) is 0 Å². The van der Waals surface area contributed by atoms with Crippen LogP contribution in [0.5, 0.6) is 0 Å². The first-order valence-corrected chi connectivity index (χ1v) is 8.26. The van der Waals surface area contributed by atoms with Crippen LogP contribution < -0.4 is 0 Å². The molecular weight excluding hydrogens is 440 g/mol. The Bertz CT molecular complexity index is 262. The fraction of sp³-hybridized carbons (Fsp3) is 0.400. The molecule has 4 heteroatoms. The Morgan fingerprint density at radius 3 is 1.71 bits per heavy atom. The highest BCUT2D eigenvalue weighted by Crippen LogP contribution is 2.30. The predicted octanol–water partition coefficient (Wildman–Crippen LogP) is 5.35. The van der Waals surface area contributed by atoms with E-state index in [1.807, 2.05) is 0 Å². The predicted molar refractivity (Wildman–Crippen MR) is 77.4 cm³/mol. The fourth-order valence-corrected chi connectivity index (χ4v) is 2.44. The highest BCUT2D eigenvalue weighted by atomic mass is 79.9. The molecule has 0 N–H and O–H groups in total. The molecule has 0 aliphatic carbocycles. The number of halogens is 4. The van der Waals surface area contributed by atoms with E-state index in [0.717, 1.165) is 10.7 Å². The summed E-state index contributed by atoms with van der Waals surface area (Å²) in [5.41, 5.74) is 2.62. The molecule has 0 nitrogen and oxygen atoms in total. The van der Waals surface area contributed by atoms with Crippen molar-refractivity contribution in [2.75, 3.05) is 10.7 Å². The van der Waals surface area contributed by atoms with Gasteiger partial charge in [0.25, 0.3) is 0 Å². The highest BCUT2D eigenvalue weighted by molar-refractivity contribution is 9.12. The van der Waals surface area contributed by atoms with Crippen LogP contribution in [-0.4, -0.2) is 10.7 Å². The minimum absolute atomic E-state index is 0.387. The standard InChI is InChI=1S/C10H10Br4/c11-5-9(13)7-2-1-3-8(4-7)10(14)6-12/h1-4,9-10H,5-6H2/t9-,10-/m0/s1. The van der Waals surface area contributed by atoms with Crippen LogP contribution in [0.4, 0.5) is 0 Å². The zero-order chi connectivity index (χ0) is 10.6. The van der Waals surface area contributed by atoms with Crippen molar-refractivity contribution in [3.63, 3.8) is 0 Å². The molecule has 0 aromatic heterocycles. The summed E-state index contributed by atoms with van der Waals surface area (Å²) in [4.78, 5) is 0.773. The van der Waals surface area contributed by atoms with E-state index in [-0.39, 0.29) is 0 Å². The van der Waals surface area contributed by atoms with Gasteiger partial charge in [-0.25, -0.2) is 0 Å². The van der Waals surface area contributed by atoms with E-state index in [9.17, 15) is 0 Å². The zero-order valence-corrected chi connectivity index (χ0v) is 13.7. The van der Waals surface area contributed by atoms with Crippen LogP contribution in [0.3, 0.4) is 0 Å². The summed E-state index contributed by atoms with van der Waals surface area (Å²) < 4.78 is 0. The van der Waals surface area contributed by atoms with Crippen LogP contribution in [0, 0.1) is 0 Å². The summed E-state index contributed by atoms with van der Waals surface area (Å²) >= 11 is 14.2. The van der Waals surface area contributed by atoms with E-state index in [1.165, 1.54) is 11.1 Å². The van der Waals surface area contributed by atoms with E-state index < -0.39 is 0 Å². The van der Waals surface area contributed by atoms with Gasteiger partial charge >= 0.3 is 0 Å². The largest absolute Gasteiger partial charge is 0.0912 e. The van der Waals surface area contributed by atoms with Crippen molar-refractivity contribution in [3.05, 3.63) is 35.4 Å². The topological polar surface area (TPSA) is 0 Å². The normalized spacial score (nSPS) is 15.1. The van der Waals surface area contributed by atoms with E-state index in [1.54, 1.807) is 0 Å². The average Bonchev–Trinajstić information content (AvgIpc) is 2.27. The summed E-state index contributed by atoms with van der Waals surface area (Å²) in [6.07, 6.45) is 0. The quantitative estimate of drug-likeness (QED) is 0.544. The Kier molecular flexibility index (Phi) is 6.29. The van der Waals surface area contributed by atoms with Crippen molar-refractivity contribution in [2.45, 2.75) is 9.65 Å². The maximum Gasteiger partial charge on any atom is 0.0492 e. The van der Waals surface area contributed by atoms with Gasteiger partial charge in [-0.3, -0.25) is 0 Å². The second kappa shape index (κ2) is 6.66. The van der Waals surface area contributed by atoms with Gasteiger partial charge in [-0.15, -0.1) is 0 Å². The fourth-order valence-electron chi connectivity index (χ4n) is 1.13. The molecule has 0 heterocycles. The monoisotopic (exact) mass is 446 g/mol. The number of hydrogen-bond acceptors (Lipinski definition) is 0. The lowest BCUT2D eigenvalue weighted by Crippen LogP contribution is -1.95. The molecule has 0 bridgehead atoms. The Balaban J connectivity index is 2.89. The Labute approximate surface area is 118 Å². The van der Waals surface area contributed by atoms with E-state index in [4.69, 9.17) is 0 Å². The van der Waals surface area contributed by atoms with Gasteiger partial charge in [0, 0.05) is 20.3 Å². The number of benzene rings is 1. The van der Waals surface area contributed by atoms with Crippen molar-refractivity contribution >= 4 is 63.7 Å². The Morgan fingerprint density at radius 1 is 0.929 bits per heavy atom. The summed E-state index contributed by atoms with van der Waals surface area (Å²) in [7, 11) is 0. The molecule has 0 aliphatic heterocycles. The molecule has 1 aromatic carbocycles. The van der Waals surface area contributed by atoms with Gasteiger partial charge < -0.3 is 0 Å². The van der Waals surface area contributed by atoms with Crippen LogP contribution in [-0.2, 0) is 0 Å². The first-order chi connectivity index (χ1) is 6.69. The van der Waals surface area contributed by atoms with E-state index >= 15 is 0 Å². The third-order valence-electron chi connectivity index (χ3n) is 1.91. The third-order valence-corrected chi connectivity index (χ3v) is 6.64. The summed E-state index contributed by atoms with van der Waals surface area (Å²) in [5.74, 6) is 0. The van der Waals surface area contributed by atoms with Gasteiger partial charge in [0.1, 0.15) is 0 Å². The SMILES string of the molecule is BrC[C@H](Br)c1cccc([C@@H](Br)CBr)c1. The van der Waals surface area contributed by atoms with Crippen LogP contribution in [0.15, 0.2) is 24.3 Å². The van der Waals surface area contributed by atoms with Gasteiger partial charge in [-0.2, -0.15) is 0 Å². The molecule has 2 atom stereocenters. The van der Waals surface area contributed by atoms with Crippen LogP contribution in [0.25, 0.3) is 0 Å². The lowest BCUT2D eigenvalue weighted by molar-refractivity contribution is 1.10. The van der Waals surface area contributed by atoms with Crippen molar-refractivity contribution in [1.29, 1.82) is 0 Å². The van der Waals surface area contributed by atoms with Gasteiger partial charge in [0.2, 0.25) is 0 Å². The van der Waals surface area contributed by atoms with E-state index in [2.05, 4.69) is 88.0 Å². The zero-order valence-electron chi connectivity index (χ0n) is 7.39. The molecule has 0 saturated carbocycles. The second-order valence-corrected chi connectivity index (χ2v) is 6.42. The molecule has 0 radical (unpaired) electrons. The average molecular weight is 450 g/mol. The first-order valence-electron chi connectivity index (χ1n) is 4.19. The second-order valence-electron chi connectivity index (χ2n) is 2.91. The lowest BCUT2D eigenvalue weighted by atomic mass is 10.1. The maximum atomic E-state index is 3.62. The smallest absolute Gasteiger partial charge is 0.0492 e. The first kappa shape index (κ1) is 13.2. The van der Waals surface area contributed by atoms with Crippen molar-refractivity contribution in [1.82, 2.24) is 0 Å². The molecule has 0 aliphatic rings. The summed E-state index contributed by atoms with van der Waals surface area (Å²) in [6, 6.07) is 8.59. The van der Waals surface area contributed by atoms with Crippen LogP contribution in [0.2, 0.25) is 0 Å². The summed E-state index contributed by atoms with van der Waals surface area (Å²) in [5, 5.41) is 1.86.